The molecule has 0 fully saturated rings. The Morgan fingerprint density at radius 1 is 0.337 bits per heavy atom. The van der Waals surface area contributed by atoms with Crippen LogP contribution in [0, 0.1) is 38.5 Å². The van der Waals surface area contributed by atoms with Crippen molar-refractivity contribution in [2.75, 3.05) is 14.2 Å². The van der Waals surface area contributed by atoms with Crippen LogP contribution in [0.5, 0.6) is 0 Å². The van der Waals surface area contributed by atoms with Gasteiger partial charge >= 0.3 is 0 Å². The molecule has 4 aromatic rings. The first-order valence-corrected chi connectivity index (χ1v) is 37.1. The van der Waals surface area contributed by atoms with Crippen molar-refractivity contribution < 1.29 is 41.0 Å². The Hall–Kier alpha value is -2.56. The molecular weight excluding hydrogens is 1380 g/mol. The van der Waals surface area contributed by atoms with Crippen molar-refractivity contribution >= 4 is 6.79 Å². The summed E-state index contributed by atoms with van der Waals surface area (Å²) >= 11 is 0. The summed E-state index contributed by atoms with van der Waals surface area (Å²) in [5.41, 5.74) is 21.0. The van der Waals surface area contributed by atoms with Crippen molar-refractivity contribution in [1.82, 2.24) is 15.5 Å². The van der Waals surface area contributed by atoms with E-state index in [1.807, 2.05) is 76.0 Å². The van der Waals surface area contributed by atoms with Gasteiger partial charge in [0.2, 0.25) is 0 Å². The van der Waals surface area contributed by atoms with Crippen molar-refractivity contribution in [1.29, 1.82) is 0 Å². The molecule has 5 nitrogen and oxygen atoms in total. The molecule has 3 N–H and O–H groups in total. The van der Waals surface area contributed by atoms with Gasteiger partial charge in [0, 0.05) is 71.5 Å². The molecule has 4 aliphatic rings. The minimum Gasteiger partial charge on any atom is -0.400 e. The molecule has 0 saturated carbocycles. The van der Waals surface area contributed by atoms with Gasteiger partial charge in [0.1, 0.15) is 6.79 Å². The molecule has 0 atom stereocenters. The molecule has 0 saturated heterocycles. The number of aryl methyl sites for hydroxylation is 8. The molecule has 0 bridgehead atoms. The Morgan fingerprint density at radius 3 is 0.663 bits per heavy atom. The van der Waals surface area contributed by atoms with Gasteiger partial charge in [0.25, 0.3) is 0 Å². The van der Waals surface area contributed by atoms with Crippen molar-refractivity contribution in [3.8, 4) is 0 Å². The number of carbonyl (C=O) groups excluding carboxylic acids is 1. The van der Waals surface area contributed by atoms with Crippen LogP contribution in [0.2, 0.25) is 0 Å². The van der Waals surface area contributed by atoms with Gasteiger partial charge in [-0.05, 0) is 298 Å². The van der Waals surface area contributed by atoms with Crippen molar-refractivity contribution in [2.45, 2.75) is 402 Å². The molecule has 0 spiro atoms. The summed E-state index contributed by atoms with van der Waals surface area (Å²) < 4.78 is 0. The van der Waals surface area contributed by atoms with E-state index in [1.54, 1.807) is 44.5 Å². The van der Waals surface area contributed by atoms with Crippen molar-refractivity contribution in [3.05, 3.63) is 147 Å². The minimum absolute atomic E-state index is 0. The normalized spacial score (nSPS) is 13.1. The van der Waals surface area contributed by atoms with E-state index < -0.39 is 0 Å². The minimum atomic E-state index is 0. The first kappa shape index (κ1) is 108. The van der Waals surface area contributed by atoms with Gasteiger partial charge in [-0.3, -0.25) is 4.90 Å². The average Bonchev–Trinajstić information content (AvgIpc) is 1.79. The second-order valence-electron chi connectivity index (χ2n) is 33.4. The predicted octanol–water partition coefficient (Wildman–Crippen LogP) is 25.6. The summed E-state index contributed by atoms with van der Waals surface area (Å²) in [6, 6.07) is 28.1. The predicted molar refractivity (Wildman–Crippen MR) is 435 cm³/mol. The number of nitrogens with zero attached hydrogens (tertiary/aromatic N) is 1. The number of fused-ring (bicyclic) bond motifs is 4. The zero-order valence-corrected chi connectivity index (χ0v) is 76.2. The molecule has 0 amide bonds. The van der Waals surface area contributed by atoms with E-state index in [-0.39, 0.29) is 71.8 Å². The van der Waals surface area contributed by atoms with Gasteiger partial charge in [-0.15, -0.1) is 0 Å². The van der Waals surface area contributed by atoms with Gasteiger partial charge in [-0.25, -0.2) is 0 Å². The summed E-state index contributed by atoms with van der Waals surface area (Å²) in [5.74, 6) is 0.677. The van der Waals surface area contributed by atoms with Crippen LogP contribution >= 0.6 is 0 Å². The van der Waals surface area contributed by atoms with Crippen LogP contribution < -0.4 is 10.6 Å². The number of hydrogen-bond donors (Lipinski definition) is 3. The van der Waals surface area contributed by atoms with Gasteiger partial charge in [-0.2, -0.15) is 0 Å². The number of nitrogens with one attached hydrogen (secondary N) is 2. The topological polar surface area (TPSA) is 64.6 Å². The Kier molecular flexibility index (Phi) is 59.8. The van der Waals surface area contributed by atoms with Gasteiger partial charge < -0.3 is 28.0 Å². The number of hydrogen-bond acceptors (Lipinski definition) is 5. The Labute approximate surface area is 622 Å². The molecule has 0 heterocycles. The smallest absolute Gasteiger partial charge is 0.106 e. The van der Waals surface area contributed by atoms with Crippen LogP contribution in [0.4, 0.5) is 0 Å². The third kappa shape index (κ3) is 51.3. The Morgan fingerprint density at radius 2 is 0.516 bits per heavy atom. The van der Waals surface area contributed by atoms with Gasteiger partial charge in [0.15, 0.2) is 0 Å². The summed E-state index contributed by atoms with van der Waals surface area (Å²) in [6.45, 7) is 86.6. The van der Waals surface area contributed by atoms with Crippen LogP contribution in [0.3, 0.4) is 0 Å². The quantitative estimate of drug-likeness (QED) is 0.166. The summed E-state index contributed by atoms with van der Waals surface area (Å²) in [4.78, 5) is 10.4. The largest absolute Gasteiger partial charge is 0.400 e. The molecule has 4 aliphatic carbocycles. The zero-order valence-electron chi connectivity index (χ0n) is 72.0. The van der Waals surface area contributed by atoms with E-state index in [4.69, 9.17) is 9.90 Å². The van der Waals surface area contributed by atoms with Crippen LogP contribution in [-0.2, 0) is 72.4 Å². The fraction of sp³-hybridized carbons (Fsp3) is 0.708. The monoisotopic (exact) mass is 1550 g/mol. The maximum atomic E-state index is 8.00. The van der Waals surface area contributed by atoms with Crippen LogP contribution in [0.1, 0.15) is 368 Å². The second-order valence-corrected chi connectivity index (χ2v) is 33.4. The van der Waals surface area contributed by atoms with E-state index >= 15 is 0 Å². The molecule has 556 valence electrons. The average molecular weight is 1550 g/mol. The van der Waals surface area contributed by atoms with Crippen LogP contribution in [-0.4, -0.2) is 64.2 Å². The number of benzene rings is 4. The zero-order chi connectivity index (χ0) is 75.0. The molecule has 0 unspecified atom stereocenters. The number of rotatable bonds is 1. The third-order valence-electron chi connectivity index (χ3n) is 15.2. The maximum Gasteiger partial charge on any atom is 0.106 e. The summed E-state index contributed by atoms with van der Waals surface area (Å²) in [6.07, 6.45) is 15.8. The molecule has 0 aromatic heterocycles. The summed E-state index contributed by atoms with van der Waals surface area (Å²) in [5, 5.41) is 13.9. The van der Waals surface area contributed by atoms with E-state index in [9.17, 15) is 0 Å². The second kappa shape index (κ2) is 52.4. The number of carbonyl (C=O) groups is 1. The first-order valence-electron chi connectivity index (χ1n) is 37.1. The maximum absolute atomic E-state index is 8.00. The van der Waals surface area contributed by atoms with E-state index in [0.29, 0.717) is 22.2 Å². The third-order valence-corrected chi connectivity index (χ3v) is 15.2. The fourth-order valence-electron chi connectivity index (χ4n) is 11.3. The van der Waals surface area contributed by atoms with Crippen molar-refractivity contribution in [2.24, 2.45) is 0 Å². The Balaban J connectivity index is -0.000000150. The Bertz CT molecular complexity index is 2250. The van der Waals surface area contributed by atoms with Crippen LogP contribution in [0.25, 0.3) is 0 Å². The SMILES string of the molecule is C=O.CC.CC.CC.CC.CC.CC(C)(C)NC(C)(C)C.CC(C)(C)NC(C)(C)C.CC(C)(C)c1ccc2c(c1)CCC2.CC(C)(C)c1ccc2c(c1)CCC2.CC(C)(C)c1ccc2c(c1)CCC2.CC(C)c1ccc2c(c1)CCC2.CN(C(C)(C)C)C(C)(C)C.CO.[CH3-].[U]. The van der Waals surface area contributed by atoms with E-state index in [2.05, 4.69) is 296 Å². The number of aliphatic hydroxyl groups excluding tert-OH is 1. The van der Waals surface area contributed by atoms with Crippen LogP contribution in [0.15, 0.2) is 72.8 Å². The molecule has 8 rings (SSSR count). The van der Waals surface area contributed by atoms with Gasteiger partial charge in [-0.1, -0.05) is 218 Å². The summed E-state index contributed by atoms with van der Waals surface area (Å²) in [7, 11) is 3.17. The molecule has 95 heavy (non-hydrogen) atoms. The van der Waals surface area contributed by atoms with E-state index in [1.165, 1.54) is 99.3 Å². The fourth-order valence-corrected chi connectivity index (χ4v) is 11.3. The van der Waals surface area contributed by atoms with Gasteiger partial charge in [0.05, 0.1) is 0 Å². The molecule has 0 radical (unpaired) electrons. The molecule has 4 aromatic carbocycles. The number of aliphatic hydroxyl groups is 1. The molecular formula is C89H168N3O2U-. The van der Waals surface area contributed by atoms with Crippen molar-refractivity contribution in [3.63, 3.8) is 0 Å². The standard InChI is InChI=1S/3C13H18.C12H16.C9H21N.2C8H19N.5C2H6.CH4O.CH2O.CH3.U/c3*1-13(2,3)12-8-7-10-5-4-6-11(10)9-12;1-9(2)11-7-6-10-4-3-5-12(10)8-11;1-8(2,3)10(7)9(4,5)6;2*1-7(2,3)9-8(4,5)6;7*1-2;;/h3*7-9H,4-6H2,1-3H3;6-9H,3-5H2,1-2H3;1-7H3;2*9H,1-6H3;5*1-2H3;2H,1H3;1H2;1H3;/q;;;;;;;;;;;;;;-1;. The molecule has 6 heteroatoms. The first-order chi connectivity index (χ1) is 42.6. The molecule has 0 aliphatic heterocycles. The van der Waals surface area contributed by atoms with E-state index in [0.717, 1.165) is 7.11 Å².